The van der Waals surface area contributed by atoms with Gasteiger partial charge in [0.15, 0.2) is 0 Å². The summed E-state index contributed by atoms with van der Waals surface area (Å²) in [6, 6.07) is 14.7. The van der Waals surface area contributed by atoms with Gasteiger partial charge in [-0.2, -0.15) is 0 Å². The highest BCUT2D eigenvalue weighted by Gasteiger charge is 2.19. The van der Waals surface area contributed by atoms with Crippen molar-refractivity contribution in [2.24, 2.45) is 12.8 Å². The third-order valence-electron chi connectivity index (χ3n) is 4.34. The Morgan fingerprint density at radius 1 is 1.09 bits per heavy atom. The summed E-state index contributed by atoms with van der Waals surface area (Å²) < 4.78 is 7.77. The first-order valence-corrected chi connectivity index (χ1v) is 7.59. The third-order valence-corrected chi connectivity index (χ3v) is 4.34. The Balaban J connectivity index is 2.39. The molecule has 114 valence electrons. The Bertz CT molecular complexity index is 803. The Hall–Kier alpha value is -2.26. The molecule has 0 radical (unpaired) electrons. The predicted octanol–water partition coefficient (Wildman–Crippen LogP) is 3.66. The van der Waals surface area contributed by atoms with Crippen molar-refractivity contribution in [3.63, 3.8) is 0 Å². The van der Waals surface area contributed by atoms with E-state index in [1.54, 1.807) is 7.11 Å². The summed E-state index contributed by atoms with van der Waals surface area (Å²) >= 11 is 0. The Morgan fingerprint density at radius 2 is 1.82 bits per heavy atom. The molecule has 3 nitrogen and oxygen atoms in total. The zero-order valence-corrected chi connectivity index (χ0v) is 13.4. The van der Waals surface area contributed by atoms with E-state index >= 15 is 0 Å². The predicted molar refractivity (Wildman–Crippen MR) is 92.4 cm³/mol. The van der Waals surface area contributed by atoms with E-state index in [2.05, 4.69) is 48.9 Å². The SMILES string of the molecule is COc1ccc2c(c1C)c(CCN)c(-c1ccccc1)n2C. The largest absolute Gasteiger partial charge is 0.496 e. The van der Waals surface area contributed by atoms with Crippen molar-refractivity contribution in [1.82, 2.24) is 4.57 Å². The molecule has 0 bridgehead atoms. The molecule has 0 unspecified atom stereocenters. The van der Waals surface area contributed by atoms with E-state index in [-0.39, 0.29) is 0 Å². The number of rotatable bonds is 4. The molecule has 22 heavy (non-hydrogen) atoms. The second-order valence-corrected chi connectivity index (χ2v) is 5.58. The fourth-order valence-electron chi connectivity index (χ4n) is 3.35. The monoisotopic (exact) mass is 294 g/mol. The molecule has 2 N–H and O–H groups in total. The molecule has 0 saturated carbocycles. The Kier molecular flexibility index (Phi) is 3.90. The normalized spacial score (nSPS) is 11.1. The van der Waals surface area contributed by atoms with Crippen LogP contribution in [0, 0.1) is 6.92 Å². The summed E-state index contributed by atoms with van der Waals surface area (Å²) in [4.78, 5) is 0. The van der Waals surface area contributed by atoms with Crippen molar-refractivity contribution in [2.45, 2.75) is 13.3 Å². The molecule has 1 heterocycles. The van der Waals surface area contributed by atoms with Crippen LogP contribution in [-0.4, -0.2) is 18.2 Å². The van der Waals surface area contributed by atoms with Crippen molar-refractivity contribution in [2.75, 3.05) is 13.7 Å². The zero-order chi connectivity index (χ0) is 15.7. The molecular weight excluding hydrogens is 272 g/mol. The number of fused-ring (bicyclic) bond motifs is 1. The molecule has 0 aliphatic carbocycles. The number of nitrogens with two attached hydrogens (primary N) is 1. The number of aromatic nitrogens is 1. The fraction of sp³-hybridized carbons (Fsp3) is 0.263. The van der Waals surface area contributed by atoms with E-state index in [0.717, 1.165) is 12.2 Å². The molecule has 0 aliphatic rings. The third kappa shape index (κ3) is 2.18. The summed E-state index contributed by atoms with van der Waals surface area (Å²) in [7, 11) is 3.84. The highest BCUT2D eigenvalue weighted by molar-refractivity contribution is 5.95. The molecule has 1 aromatic heterocycles. The van der Waals surface area contributed by atoms with Crippen LogP contribution in [0.25, 0.3) is 22.2 Å². The first-order chi connectivity index (χ1) is 10.7. The average molecular weight is 294 g/mol. The summed E-state index contributed by atoms with van der Waals surface area (Å²) in [5.41, 5.74) is 12.1. The van der Waals surface area contributed by atoms with E-state index in [9.17, 15) is 0 Å². The number of ether oxygens (including phenoxy) is 1. The molecule has 0 saturated heterocycles. The van der Waals surface area contributed by atoms with Crippen LogP contribution < -0.4 is 10.5 Å². The lowest BCUT2D eigenvalue weighted by Gasteiger charge is -2.08. The van der Waals surface area contributed by atoms with Crippen LogP contribution in [0.5, 0.6) is 5.75 Å². The Morgan fingerprint density at radius 3 is 2.45 bits per heavy atom. The maximum Gasteiger partial charge on any atom is 0.122 e. The fourth-order valence-corrected chi connectivity index (χ4v) is 3.35. The van der Waals surface area contributed by atoms with Gasteiger partial charge < -0.3 is 15.0 Å². The minimum absolute atomic E-state index is 0.635. The van der Waals surface area contributed by atoms with Gasteiger partial charge in [-0.3, -0.25) is 0 Å². The van der Waals surface area contributed by atoms with E-state index < -0.39 is 0 Å². The lowest BCUT2D eigenvalue weighted by Crippen LogP contribution is -2.04. The van der Waals surface area contributed by atoms with E-state index in [1.165, 1.54) is 33.3 Å². The van der Waals surface area contributed by atoms with Crippen LogP contribution in [0.2, 0.25) is 0 Å². The molecule has 2 aromatic carbocycles. The highest BCUT2D eigenvalue weighted by Crippen LogP contribution is 2.37. The van der Waals surface area contributed by atoms with Crippen molar-refractivity contribution < 1.29 is 4.74 Å². The maximum absolute atomic E-state index is 5.89. The molecule has 0 aliphatic heterocycles. The lowest BCUT2D eigenvalue weighted by molar-refractivity contribution is 0.412. The van der Waals surface area contributed by atoms with Gasteiger partial charge in [-0.05, 0) is 43.1 Å². The van der Waals surface area contributed by atoms with Gasteiger partial charge in [0.2, 0.25) is 0 Å². The number of hydrogen-bond acceptors (Lipinski definition) is 2. The molecular formula is C19H22N2O. The van der Waals surface area contributed by atoms with E-state index in [0.29, 0.717) is 6.54 Å². The van der Waals surface area contributed by atoms with Crippen molar-refractivity contribution in [3.05, 3.63) is 53.6 Å². The van der Waals surface area contributed by atoms with Gasteiger partial charge in [-0.15, -0.1) is 0 Å². The number of nitrogens with zero attached hydrogens (tertiary/aromatic N) is 1. The standard InChI is InChI=1S/C19H22N2O/c1-13-17(22-3)10-9-16-18(13)15(11-12-20)19(21(16)2)14-7-5-4-6-8-14/h4-10H,11-12,20H2,1-3H3. The van der Waals surface area contributed by atoms with Gasteiger partial charge in [0.05, 0.1) is 12.8 Å². The van der Waals surface area contributed by atoms with E-state index in [1.807, 2.05) is 12.1 Å². The van der Waals surface area contributed by atoms with Gasteiger partial charge in [-0.25, -0.2) is 0 Å². The number of benzene rings is 2. The second-order valence-electron chi connectivity index (χ2n) is 5.58. The number of aryl methyl sites for hydroxylation is 2. The number of methoxy groups -OCH3 is 1. The summed E-state index contributed by atoms with van der Waals surface area (Å²) in [5, 5.41) is 1.27. The Labute approximate surface area is 131 Å². The van der Waals surface area contributed by atoms with Crippen molar-refractivity contribution in [1.29, 1.82) is 0 Å². The molecule has 3 aromatic rings. The van der Waals surface area contributed by atoms with Gasteiger partial charge in [0.1, 0.15) is 5.75 Å². The molecule has 0 atom stereocenters. The zero-order valence-electron chi connectivity index (χ0n) is 13.4. The molecule has 3 rings (SSSR count). The quantitative estimate of drug-likeness (QED) is 0.797. The average Bonchev–Trinajstić information content (AvgIpc) is 2.82. The van der Waals surface area contributed by atoms with Crippen LogP contribution in [0.1, 0.15) is 11.1 Å². The highest BCUT2D eigenvalue weighted by atomic mass is 16.5. The number of hydrogen-bond donors (Lipinski definition) is 1. The van der Waals surface area contributed by atoms with Crippen LogP contribution in [-0.2, 0) is 13.5 Å². The topological polar surface area (TPSA) is 40.2 Å². The van der Waals surface area contributed by atoms with Crippen LogP contribution in [0.15, 0.2) is 42.5 Å². The van der Waals surface area contributed by atoms with Gasteiger partial charge in [-0.1, -0.05) is 30.3 Å². The summed E-state index contributed by atoms with van der Waals surface area (Å²) in [6.45, 7) is 2.76. The first kappa shape index (κ1) is 14.7. The minimum atomic E-state index is 0.635. The van der Waals surface area contributed by atoms with E-state index in [4.69, 9.17) is 10.5 Å². The van der Waals surface area contributed by atoms with Gasteiger partial charge in [0.25, 0.3) is 0 Å². The molecule has 0 spiro atoms. The van der Waals surface area contributed by atoms with Crippen LogP contribution in [0.3, 0.4) is 0 Å². The van der Waals surface area contributed by atoms with Crippen LogP contribution in [0.4, 0.5) is 0 Å². The van der Waals surface area contributed by atoms with Gasteiger partial charge >= 0.3 is 0 Å². The lowest BCUT2D eigenvalue weighted by atomic mass is 9.99. The smallest absolute Gasteiger partial charge is 0.122 e. The maximum atomic E-state index is 5.89. The van der Waals surface area contributed by atoms with Crippen molar-refractivity contribution in [3.8, 4) is 17.0 Å². The van der Waals surface area contributed by atoms with Crippen LogP contribution >= 0.6 is 0 Å². The van der Waals surface area contributed by atoms with Crippen molar-refractivity contribution >= 4 is 10.9 Å². The minimum Gasteiger partial charge on any atom is -0.496 e. The van der Waals surface area contributed by atoms with Gasteiger partial charge in [0, 0.05) is 23.5 Å². The molecule has 3 heteroatoms. The molecule has 0 amide bonds. The summed E-state index contributed by atoms with van der Waals surface area (Å²) in [5.74, 6) is 0.927. The molecule has 0 fully saturated rings. The second kappa shape index (κ2) is 5.85. The summed E-state index contributed by atoms with van der Waals surface area (Å²) in [6.07, 6.45) is 0.857. The first-order valence-electron chi connectivity index (χ1n) is 7.59.